The lowest BCUT2D eigenvalue weighted by molar-refractivity contribution is -0.142. The monoisotopic (exact) mass is 253 g/mol. The van der Waals surface area contributed by atoms with Gasteiger partial charge in [0, 0.05) is 12.1 Å². The van der Waals surface area contributed by atoms with Crippen LogP contribution < -0.4 is 0 Å². The molecule has 0 aromatic carbocycles. The van der Waals surface area contributed by atoms with E-state index in [9.17, 15) is 9.59 Å². The van der Waals surface area contributed by atoms with Gasteiger partial charge in [0.15, 0.2) is 0 Å². The molecule has 5 nitrogen and oxygen atoms in total. The lowest BCUT2D eigenvalue weighted by Gasteiger charge is -2.24. The number of rotatable bonds is 2. The van der Waals surface area contributed by atoms with Crippen LogP contribution in [0.5, 0.6) is 0 Å². The molecule has 3 rings (SSSR count). The van der Waals surface area contributed by atoms with E-state index in [2.05, 4.69) is 0 Å². The predicted octanol–water partition coefficient (Wildman–Crippen LogP) is 2.00. The zero-order chi connectivity index (χ0) is 12.7. The minimum Gasteiger partial charge on any atom is -0.481 e. The molecule has 3 fully saturated rings. The van der Waals surface area contributed by atoms with E-state index in [0.29, 0.717) is 6.42 Å². The highest BCUT2D eigenvalue weighted by Crippen LogP contribution is 2.42. The molecule has 18 heavy (non-hydrogen) atoms. The second-order valence-corrected chi connectivity index (χ2v) is 5.68. The number of aliphatic carboxylic acids is 1. The summed E-state index contributed by atoms with van der Waals surface area (Å²) < 4.78 is 5.50. The van der Waals surface area contributed by atoms with Crippen LogP contribution in [0.25, 0.3) is 0 Å². The Balaban J connectivity index is 1.65. The molecule has 1 saturated carbocycles. The van der Waals surface area contributed by atoms with E-state index in [0.717, 1.165) is 38.5 Å². The second kappa shape index (κ2) is 4.44. The summed E-state index contributed by atoms with van der Waals surface area (Å²) in [5.74, 6) is -1.17. The smallest absolute Gasteiger partial charge is 0.410 e. The van der Waals surface area contributed by atoms with Crippen LogP contribution in [-0.2, 0) is 9.53 Å². The van der Waals surface area contributed by atoms with Gasteiger partial charge in [-0.25, -0.2) is 4.79 Å². The summed E-state index contributed by atoms with van der Waals surface area (Å²) in [6.07, 6.45) is 6.27. The minimum atomic E-state index is -0.777. The maximum atomic E-state index is 12.1. The van der Waals surface area contributed by atoms with Crippen LogP contribution in [0.2, 0.25) is 0 Å². The number of ether oxygens (including phenoxy) is 1. The molecule has 2 bridgehead atoms. The van der Waals surface area contributed by atoms with E-state index in [-0.39, 0.29) is 30.2 Å². The molecule has 1 aliphatic carbocycles. The lowest BCUT2D eigenvalue weighted by atomic mass is 9.89. The van der Waals surface area contributed by atoms with Crippen molar-refractivity contribution in [3.63, 3.8) is 0 Å². The molecular weight excluding hydrogens is 234 g/mol. The predicted molar refractivity (Wildman–Crippen MR) is 63.1 cm³/mol. The van der Waals surface area contributed by atoms with Gasteiger partial charge in [-0.2, -0.15) is 0 Å². The highest BCUT2D eigenvalue weighted by molar-refractivity contribution is 5.76. The number of fused-ring (bicyclic) bond motifs is 2. The first-order valence-electron chi connectivity index (χ1n) is 6.88. The zero-order valence-corrected chi connectivity index (χ0v) is 10.4. The Kier molecular flexibility index (Phi) is 2.92. The molecule has 2 aliphatic heterocycles. The van der Waals surface area contributed by atoms with Crippen molar-refractivity contribution < 1.29 is 19.4 Å². The third-order valence-corrected chi connectivity index (χ3v) is 4.63. The molecule has 3 unspecified atom stereocenters. The van der Waals surface area contributed by atoms with Crippen molar-refractivity contribution in [2.45, 2.75) is 63.1 Å². The molecule has 3 aliphatic rings. The Bertz CT molecular complexity index is 364. The highest BCUT2D eigenvalue weighted by Gasteiger charge is 2.52. The van der Waals surface area contributed by atoms with E-state index >= 15 is 0 Å². The van der Waals surface area contributed by atoms with E-state index in [1.165, 1.54) is 0 Å². The van der Waals surface area contributed by atoms with Crippen LogP contribution in [0, 0.1) is 5.92 Å². The highest BCUT2D eigenvalue weighted by atomic mass is 16.6. The number of nitrogens with zero attached hydrogens (tertiary/aromatic N) is 1. The van der Waals surface area contributed by atoms with Crippen molar-refractivity contribution in [1.82, 2.24) is 4.90 Å². The Labute approximate surface area is 106 Å². The van der Waals surface area contributed by atoms with Gasteiger partial charge in [-0.05, 0) is 44.9 Å². The molecular formula is C13H19NO4. The zero-order valence-electron chi connectivity index (χ0n) is 10.4. The average Bonchev–Trinajstić information content (AvgIpc) is 3.02. The van der Waals surface area contributed by atoms with E-state index in [4.69, 9.17) is 9.84 Å². The standard InChI is InChI=1S/C13H19NO4/c15-12(16)10-7-8-5-6-11(10)14(8)13(17)18-9-3-1-2-4-9/h8-11H,1-7H2,(H,15,16). The summed E-state index contributed by atoms with van der Waals surface area (Å²) in [5.41, 5.74) is 0. The Hall–Kier alpha value is -1.26. The van der Waals surface area contributed by atoms with Crippen LogP contribution in [-0.4, -0.2) is 40.3 Å². The Morgan fingerprint density at radius 1 is 1.11 bits per heavy atom. The van der Waals surface area contributed by atoms with Crippen molar-refractivity contribution in [3.05, 3.63) is 0 Å². The van der Waals surface area contributed by atoms with Crippen LogP contribution in [0.1, 0.15) is 44.9 Å². The topological polar surface area (TPSA) is 66.8 Å². The van der Waals surface area contributed by atoms with Crippen LogP contribution in [0.4, 0.5) is 4.79 Å². The van der Waals surface area contributed by atoms with Gasteiger partial charge in [-0.15, -0.1) is 0 Å². The summed E-state index contributed by atoms with van der Waals surface area (Å²) >= 11 is 0. The molecule has 2 heterocycles. The summed E-state index contributed by atoms with van der Waals surface area (Å²) in [7, 11) is 0. The van der Waals surface area contributed by atoms with E-state index in [1.54, 1.807) is 4.90 Å². The molecule has 0 aromatic heterocycles. The maximum absolute atomic E-state index is 12.1. The van der Waals surface area contributed by atoms with Gasteiger partial charge < -0.3 is 14.7 Å². The van der Waals surface area contributed by atoms with Gasteiger partial charge in [0.2, 0.25) is 0 Å². The number of carbonyl (C=O) groups excluding carboxylic acids is 1. The van der Waals surface area contributed by atoms with Crippen LogP contribution >= 0.6 is 0 Å². The fraction of sp³-hybridized carbons (Fsp3) is 0.846. The molecule has 0 spiro atoms. The summed E-state index contributed by atoms with van der Waals surface area (Å²) in [5, 5.41) is 9.14. The quantitative estimate of drug-likeness (QED) is 0.817. The Morgan fingerprint density at radius 3 is 2.44 bits per heavy atom. The number of hydrogen-bond acceptors (Lipinski definition) is 3. The van der Waals surface area contributed by atoms with Gasteiger partial charge in [-0.3, -0.25) is 4.79 Å². The van der Waals surface area contributed by atoms with Crippen LogP contribution in [0.15, 0.2) is 0 Å². The van der Waals surface area contributed by atoms with Crippen molar-refractivity contribution >= 4 is 12.1 Å². The maximum Gasteiger partial charge on any atom is 0.410 e. The molecule has 100 valence electrons. The number of amides is 1. The van der Waals surface area contributed by atoms with Crippen molar-refractivity contribution in [1.29, 1.82) is 0 Å². The first kappa shape index (κ1) is 11.8. The third kappa shape index (κ3) is 1.85. The first-order valence-corrected chi connectivity index (χ1v) is 6.88. The van der Waals surface area contributed by atoms with Gasteiger partial charge in [-0.1, -0.05) is 0 Å². The summed E-state index contributed by atoms with van der Waals surface area (Å²) in [6.45, 7) is 0. The first-order chi connectivity index (χ1) is 8.66. The fourth-order valence-electron chi connectivity index (χ4n) is 3.75. The Morgan fingerprint density at radius 2 is 1.83 bits per heavy atom. The van der Waals surface area contributed by atoms with Gasteiger partial charge in [0.1, 0.15) is 6.10 Å². The van der Waals surface area contributed by atoms with Crippen molar-refractivity contribution in [2.24, 2.45) is 5.92 Å². The number of carboxylic acid groups (broad SMARTS) is 1. The molecule has 3 atom stereocenters. The van der Waals surface area contributed by atoms with Crippen molar-refractivity contribution in [3.8, 4) is 0 Å². The molecule has 2 saturated heterocycles. The summed E-state index contributed by atoms with van der Waals surface area (Å²) in [6, 6.07) is -0.0496. The molecule has 0 radical (unpaired) electrons. The van der Waals surface area contributed by atoms with Gasteiger partial charge >= 0.3 is 12.1 Å². The summed E-state index contributed by atoms with van der Waals surface area (Å²) in [4.78, 5) is 25.0. The molecule has 1 amide bonds. The fourth-order valence-corrected chi connectivity index (χ4v) is 3.75. The average molecular weight is 253 g/mol. The largest absolute Gasteiger partial charge is 0.481 e. The van der Waals surface area contributed by atoms with Gasteiger partial charge in [0.25, 0.3) is 0 Å². The third-order valence-electron chi connectivity index (χ3n) is 4.63. The van der Waals surface area contributed by atoms with Crippen molar-refractivity contribution in [2.75, 3.05) is 0 Å². The minimum absolute atomic E-state index is 0.0563. The normalized spacial score (nSPS) is 35.1. The SMILES string of the molecule is O=C(O)C1CC2CCC1N2C(=O)OC1CCCC1. The van der Waals surface area contributed by atoms with E-state index in [1.807, 2.05) is 0 Å². The number of carbonyl (C=O) groups is 2. The van der Waals surface area contributed by atoms with Gasteiger partial charge in [0.05, 0.1) is 5.92 Å². The lowest BCUT2D eigenvalue weighted by Crippen LogP contribution is -2.39. The van der Waals surface area contributed by atoms with Crippen LogP contribution in [0.3, 0.4) is 0 Å². The molecule has 1 N–H and O–H groups in total. The second-order valence-electron chi connectivity index (χ2n) is 5.68. The number of carboxylic acids is 1. The van der Waals surface area contributed by atoms with E-state index < -0.39 is 5.97 Å². The molecule has 5 heteroatoms. The number of hydrogen-bond donors (Lipinski definition) is 1. The molecule has 0 aromatic rings.